The molecule has 1 spiro atoms. The van der Waals surface area contributed by atoms with Crippen LogP contribution in [0.2, 0.25) is 0 Å². The zero-order chi connectivity index (χ0) is 23.8. The molecule has 0 amide bonds. The molecule has 3 rings (SSSR count). The fraction of sp³-hybridized carbons (Fsp3) is 0.708. The summed E-state index contributed by atoms with van der Waals surface area (Å²) >= 11 is 0. The van der Waals surface area contributed by atoms with Crippen LogP contribution in [0.5, 0.6) is 17.2 Å². The van der Waals surface area contributed by atoms with Crippen molar-refractivity contribution in [2.24, 2.45) is 11.8 Å². The summed E-state index contributed by atoms with van der Waals surface area (Å²) in [5.41, 5.74) is -0.580. The lowest BCUT2D eigenvalue weighted by Gasteiger charge is -2.39. The van der Waals surface area contributed by atoms with Gasteiger partial charge in [0.2, 0.25) is 5.75 Å². The smallest absolute Gasteiger partial charge is 0.203 e. The van der Waals surface area contributed by atoms with Crippen molar-refractivity contribution in [3.8, 4) is 17.2 Å². The molecule has 0 saturated carbocycles. The van der Waals surface area contributed by atoms with E-state index in [-0.39, 0.29) is 41.3 Å². The molecule has 2 heterocycles. The number of phenolic OH excluding ortho intramolecular Hbond substituents is 2. The Balaban J connectivity index is 1.93. The van der Waals surface area contributed by atoms with Crippen molar-refractivity contribution in [2.75, 3.05) is 7.11 Å². The molecule has 4 N–H and O–H groups in total. The Kier molecular flexibility index (Phi) is 7.39. The highest BCUT2D eigenvalue weighted by Gasteiger charge is 2.68. The van der Waals surface area contributed by atoms with E-state index in [0.717, 1.165) is 0 Å². The maximum atomic E-state index is 13.6. The number of aliphatic hydroxyl groups is 2. The lowest BCUT2D eigenvalue weighted by molar-refractivity contribution is -0.239. The third-order valence-electron chi connectivity index (χ3n) is 6.62. The minimum absolute atomic E-state index is 0.0377. The SMILES string of the molecule is CCCC(C(=O)c1cc(CC(C)C)c(O)c(OC)c1O)[C@H]1C[C@@H](O)C2(O[C@@H]2CC)C(O)O1. The third-order valence-corrected chi connectivity index (χ3v) is 6.62. The van der Waals surface area contributed by atoms with Gasteiger partial charge in [0.25, 0.3) is 0 Å². The van der Waals surface area contributed by atoms with Crippen molar-refractivity contribution in [1.29, 1.82) is 0 Å². The number of epoxide rings is 1. The van der Waals surface area contributed by atoms with Crippen molar-refractivity contribution in [3.05, 3.63) is 17.2 Å². The van der Waals surface area contributed by atoms with Crippen LogP contribution in [0.3, 0.4) is 0 Å². The molecule has 2 aliphatic rings. The number of aliphatic hydroxyl groups excluding tert-OH is 2. The van der Waals surface area contributed by atoms with E-state index in [1.54, 1.807) is 0 Å². The van der Waals surface area contributed by atoms with Crippen LogP contribution in [-0.2, 0) is 15.9 Å². The van der Waals surface area contributed by atoms with Gasteiger partial charge in [-0.15, -0.1) is 0 Å². The fourth-order valence-electron chi connectivity index (χ4n) is 4.94. The van der Waals surface area contributed by atoms with Crippen molar-refractivity contribution in [2.45, 2.75) is 90.0 Å². The normalized spacial score (nSPS) is 30.5. The van der Waals surface area contributed by atoms with Crippen LogP contribution >= 0.6 is 0 Å². The fourth-order valence-corrected chi connectivity index (χ4v) is 4.94. The number of phenols is 2. The molecule has 0 aliphatic carbocycles. The minimum atomic E-state index is -1.34. The molecular formula is C24H36O8. The molecule has 0 bridgehead atoms. The van der Waals surface area contributed by atoms with E-state index < -0.39 is 35.8 Å². The number of hydrogen-bond donors (Lipinski definition) is 4. The first-order valence-corrected chi connectivity index (χ1v) is 11.5. The third kappa shape index (κ3) is 4.21. The molecule has 6 atom stereocenters. The first kappa shape index (κ1) is 24.8. The second-order valence-electron chi connectivity index (χ2n) is 9.32. The van der Waals surface area contributed by atoms with Crippen LogP contribution in [0.4, 0.5) is 0 Å². The Bertz CT molecular complexity index is 824. The summed E-state index contributed by atoms with van der Waals surface area (Å²) in [5.74, 6) is -1.61. The van der Waals surface area contributed by atoms with Crippen LogP contribution in [0.1, 0.15) is 69.3 Å². The van der Waals surface area contributed by atoms with E-state index >= 15 is 0 Å². The van der Waals surface area contributed by atoms with E-state index in [2.05, 4.69) is 0 Å². The van der Waals surface area contributed by atoms with Gasteiger partial charge in [-0.3, -0.25) is 4.79 Å². The van der Waals surface area contributed by atoms with Gasteiger partial charge in [0.1, 0.15) is 0 Å². The van der Waals surface area contributed by atoms with Gasteiger partial charge in [0.05, 0.1) is 31.0 Å². The summed E-state index contributed by atoms with van der Waals surface area (Å²) in [7, 11) is 1.32. The van der Waals surface area contributed by atoms with Gasteiger partial charge in [-0.05, 0) is 36.8 Å². The molecule has 180 valence electrons. The average molecular weight is 453 g/mol. The van der Waals surface area contributed by atoms with Crippen molar-refractivity contribution in [3.63, 3.8) is 0 Å². The quantitative estimate of drug-likeness (QED) is 0.332. The Labute approximate surface area is 189 Å². The maximum Gasteiger partial charge on any atom is 0.203 e. The molecule has 2 fully saturated rings. The molecule has 2 aliphatic heterocycles. The van der Waals surface area contributed by atoms with Gasteiger partial charge in [-0.1, -0.05) is 34.1 Å². The van der Waals surface area contributed by atoms with E-state index in [9.17, 15) is 25.2 Å². The second-order valence-corrected chi connectivity index (χ2v) is 9.32. The summed E-state index contributed by atoms with van der Waals surface area (Å²) in [6, 6.07) is 1.51. The summed E-state index contributed by atoms with van der Waals surface area (Å²) < 4.78 is 16.6. The number of hydrogen-bond acceptors (Lipinski definition) is 8. The maximum absolute atomic E-state index is 13.6. The minimum Gasteiger partial charge on any atom is -0.504 e. The molecule has 0 radical (unpaired) electrons. The van der Waals surface area contributed by atoms with Crippen molar-refractivity contribution >= 4 is 5.78 Å². The number of benzene rings is 1. The van der Waals surface area contributed by atoms with E-state index in [0.29, 0.717) is 31.2 Å². The summed E-state index contributed by atoms with van der Waals surface area (Å²) in [4.78, 5) is 13.6. The van der Waals surface area contributed by atoms with E-state index in [4.69, 9.17) is 14.2 Å². The molecule has 8 heteroatoms. The number of Topliss-reactive ketones (excluding diaryl/α,β-unsaturated/α-hetero) is 1. The topological polar surface area (TPSA) is 129 Å². The molecule has 1 aromatic carbocycles. The Morgan fingerprint density at radius 3 is 2.44 bits per heavy atom. The number of carbonyl (C=O) groups excluding carboxylic acids is 1. The largest absolute Gasteiger partial charge is 0.504 e. The van der Waals surface area contributed by atoms with Gasteiger partial charge in [-0.25, -0.2) is 0 Å². The monoisotopic (exact) mass is 452 g/mol. The van der Waals surface area contributed by atoms with Crippen LogP contribution in [0.25, 0.3) is 0 Å². The van der Waals surface area contributed by atoms with E-state index in [1.165, 1.54) is 13.2 Å². The number of carbonyl (C=O) groups is 1. The van der Waals surface area contributed by atoms with Crippen LogP contribution < -0.4 is 4.74 Å². The lowest BCUT2D eigenvalue weighted by Crippen LogP contribution is -2.55. The number of rotatable bonds is 9. The summed E-state index contributed by atoms with van der Waals surface area (Å²) in [6.07, 6.45) is -0.951. The molecule has 3 unspecified atom stereocenters. The van der Waals surface area contributed by atoms with Crippen LogP contribution in [0, 0.1) is 11.8 Å². The van der Waals surface area contributed by atoms with Gasteiger partial charge in [0, 0.05) is 12.3 Å². The number of ether oxygens (including phenoxy) is 3. The predicted octanol–water partition coefficient (Wildman–Crippen LogP) is 2.92. The molecule has 2 saturated heterocycles. The number of methoxy groups -OCH3 is 1. The molecule has 8 nitrogen and oxygen atoms in total. The van der Waals surface area contributed by atoms with Gasteiger partial charge < -0.3 is 34.6 Å². The molecular weight excluding hydrogens is 416 g/mol. The van der Waals surface area contributed by atoms with Crippen LogP contribution in [-0.4, -0.2) is 63.5 Å². The average Bonchev–Trinajstić information content (AvgIpc) is 3.48. The molecule has 32 heavy (non-hydrogen) atoms. The van der Waals surface area contributed by atoms with E-state index in [1.807, 2.05) is 27.7 Å². The highest BCUT2D eigenvalue weighted by Crippen LogP contribution is 2.51. The van der Waals surface area contributed by atoms with Gasteiger partial charge >= 0.3 is 0 Å². The standard InChI is InChI=1S/C24H36O8/c1-6-8-14(16-11-17(25)24(23(29)31-16)18(7-2)32-24)20(27)15-10-13(9-12(3)4)19(26)22(30-5)21(15)28/h10,12,14,16-18,23,25-26,28-29H,6-9,11H2,1-5H3/t14?,16-,17-,18-,23?,24?/m1/s1. The Morgan fingerprint density at radius 2 is 1.94 bits per heavy atom. The molecule has 1 aromatic rings. The number of aromatic hydroxyl groups is 2. The first-order valence-electron chi connectivity index (χ1n) is 11.5. The van der Waals surface area contributed by atoms with Gasteiger partial charge in [0.15, 0.2) is 29.2 Å². The first-order chi connectivity index (χ1) is 15.1. The number of ketones is 1. The zero-order valence-corrected chi connectivity index (χ0v) is 19.5. The zero-order valence-electron chi connectivity index (χ0n) is 19.5. The van der Waals surface area contributed by atoms with Crippen LogP contribution in [0.15, 0.2) is 6.07 Å². The highest BCUT2D eigenvalue weighted by atomic mass is 16.7. The Hall–Kier alpha value is -1.87. The second kappa shape index (κ2) is 9.55. The van der Waals surface area contributed by atoms with Crippen molar-refractivity contribution in [1.82, 2.24) is 0 Å². The Morgan fingerprint density at radius 1 is 1.25 bits per heavy atom. The predicted molar refractivity (Wildman–Crippen MR) is 117 cm³/mol. The summed E-state index contributed by atoms with van der Waals surface area (Å²) in [6.45, 7) is 7.80. The molecule has 0 aromatic heterocycles. The lowest BCUT2D eigenvalue weighted by atomic mass is 9.80. The highest BCUT2D eigenvalue weighted by molar-refractivity contribution is 6.02. The summed E-state index contributed by atoms with van der Waals surface area (Å²) in [5, 5.41) is 42.6. The van der Waals surface area contributed by atoms with Gasteiger partial charge in [-0.2, -0.15) is 0 Å². The van der Waals surface area contributed by atoms with Crippen molar-refractivity contribution < 1.29 is 39.4 Å².